The minimum absolute atomic E-state index is 0.0818. The monoisotopic (exact) mass is 268 g/mol. The van der Waals surface area contributed by atoms with Crippen LogP contribution in [-0.4, -0.2) is 15.8 Å². The summed E-state index contributed by atoms with van der Waals surface area (Å²) in [5.41, 5.74) is 2.64. The zero-order valence-electron chi connectivity index (χ0n) is 11.6. The highest BCUT2D eigenvalue weighted by atomic mass is 16.1. The first-order chi connectivity index (χ1) is 9.50. The van der Waals surface area contributed by atoms with Gasteiger partial charge < -0.3 is 4.98 Å². The van der Waals surface area contributed by atoms with E-state index in [1.165, 1.54) is 6.07 Å². The lowest BCUT2D eigenvalue weighted by molar-refractivity contribution is 0.0874. The molecule has 0 saturated heterocycles. The summed E-state index contributed by atoms with van der Waals surface area (Å²) < 4.78 is 0. The van der Waals surface area contributed by atoms with Crippen LogP contribution in [0.15, 0.2) is 35.3 Å². The van der Waals surface area contributed by atoms with E-state index in [-0.39, 0.29) is 11.3 Å². The first kappa shape index (κ1) is 12.8. The smallest absolute Gasteiger partial charge is 0.247 e. The molecule has 0 fully saturated rings. The van der Waals surface area contributed by atoms with Gasteiger partial charge in [-0.1, -0.05) is 6.07 Å². The molecule has 2 aromatic heterocycles. The summed E-state index contributed by atoms with van der Waals surface area (Å²) in [6.07, 6.45) is 3.13. The number of fused-ring (bicyclic) bond motifs is 1. The number of aryl methyl sites for hydroxylation is 2. The van der Waals surface area contributed by atoms with E-state index < -0.39 is 5.41 Å². The van der Waals surface area contributed by atoms with Crippen LogP contribution in [0.4, 0.5) is 0 Å². The zero-order chi connectivity index (χ0) is 14.3. The number of ketones is 1. The van der Waals surface area contributed by atoms with Crippen LogP contribution in [0.1, 0.15) is 40.7 Å². The van der Waals surface area contributed by atoms with Crippen LogP contribution < -0.4 is 5.56 Å². The number of aromatic amines is 1. The highest BCUT2D eigenvalue weighted by Gasteiger charge is 2.40. The van der Waals surface area contributed by atoms with Gasteiger partial charge in [-0.25, -0.2) is 0 Å². The van der Waals surface area contributed by atoms with E-state index in [1.54, 1.807) is 12.3 Å². The molecule has 0 bridgehead atoms. The van der Waals surface area contributed by atoms with Gasteiger partial charge in [-0.15, -0.1) is 0 Å². The van der Waals surface area contributed by atoms with Crippen LogP contribution in [-0.2, 0) is 11.8 Å². The van der Waals surface area contributed by atoms with Gasteiger partial charge in [-0.2, -0.15) is 0 Å². The van der Waals surface area contributed by atoms with Gasteiger partial charge >= 0.3 is 0 Å². The minimum atomic E-state index is -0.589. The number of aromatic nitrogens is 2. The van der Waals surface area contributed by atoms with Crippen LogP contribution >= 0.6 is 0 Å². The topological polar surface area (TPSA) is 62.8 Å². The number of H-pyrrole nitrogens is 1. The number of rotatable bonds is 1. The standard InChI is InChI=1S/C16H16N2O2/c1-10-3-5-12-13(18-10)7-8-16(2,15(12)20)11-4-6-14(19)17-9-11/h3-6,9H,7-8H2,1-2H3,(H,17,19). The second-order valence-corrected chi connectivity index (χ2v) is 5.55. The van der Waals surface area contributed by atoms with Crippen molar-refractivity contribution in [1.82, 2.24) is 9.97 Å². The number of nitrogens with zero attached hydrogens (tertiary/aromatic N) is 1. The second kappa shape index (κ2) is 4.40. The lowest BCUT2D eigenvalue weighted by Crippen LogP contribution is -2.38. The number of Topliss-reactive ketones (excluding diaryl/α,β-unsaturated/α-hetero) is 1. The Morgan fingerprint density at radius 2 is 2.00 bits per heavy atom. The largest absolute Gasteiger partial charge is 0.329 e. The van der Waals surface area contributed by atoms with E-state index in [9.17, 15) is 9.59 Å². The van der Waals surface area contributed by atoms with Crippen molar-refractivity contribution < 1.29 is 4.79 Å². The molecule has 1 aliphatic carbocycles. The van der Waals surface area contributed by atoms with Gasteiger partial charge in [0.1, 0.15) is 0 Å². The Labute approximate surface area is 116 Å². The number of nitrogens with one attached hydrogen (secondary N) is 1. The van der Waals surface area contributed by atoms with Crippen molar-refractivity contribution in [3.8, 4) is 0 Å². The normalized spacial score (nSPS) is 21.6. The van der Waals surface area contributed by atoms with Crippen molar-refractivity contribution in [2.24, 2.45) is 0 Å². The summed E-state index contributed by atoms with van der Waals surface area (Å²) >= 11 is 0. The van der Waals surface area contributed by atoms with Crippen molar-refractivity contribution >= 4 is 5.78 Å². The Bertz CT molecular complexity index is 728. The molecule has 4 heteroatoms. The lowest BCUT2D eigenvalue weighted by Gasteiger charge is -2.33. The van der Waals surface area contributed by atoms with E-state index in [2.05, 4.69) is 9.97 Å². The van der Waals surface area contributed by atoms with Crippen molar-refractivity contribution in [2.45, 2.75) is 32.1 Å². The van der Waals surface area contributed by atoms with Gasteiger partial charge in [-0.3, -0.25) is 14.6 Å². The average molecular weight is 268 g/mol. The maximum Gasteiger partial charge on any atom is 0.247 e. The van der Waals surface area contributed by atoms with E-state index in [0.717, 1.165) is 23.4 Å². The van der Waals surface area contributed by atoms with Gasteiger partial charge in [0.2, 0.25) is 5.56 Å². The number of carbonyl (C=O) groups is 1. The third-order valence-electron chi connectivity index (χ3n) is 4.14. The molecular weight excluding hydrogens is 252 g/mol. The van der Waals surface area contributed by atoms with Crippen LogP contribution in [0.5, 0.6) is 0 Å². The van der Waals surface area contributed by atoms with Gasteiger partial charge in [-0.05, 0) is 44.4 Å². The summed E-state index contributed by atoms with van der Waals surface area (Å²) in [4.78, 5) is 31.1. The SMILES string of the molecule is Cc1ccc2c(n1)CCC(C)(c1ccc(=O)[nH]c1)C2=O. The molecular formula is C16H16N2O2. The van der Waals surface area contributed by atoms with Gasteiger partial charge in [0.25, 0.3) is 0 Å². The van der Waals surface area contributed by atoms with Gasteiger partial charge in [0.15, 0.2) is 5.78 Å². The molecule has 1 N–H and O–H groups in total. The number of pyridine rings is 2. The van der Waals surface area contributed by atoms with Crippen LogP contribution in [0.2, 0.25) is 0 Å². The third kappa shape index (κ3) is 1.88. The Balaban J connectivity index is 2.09. The Morgan fingerprint density at radius 1 is 1.20 bits per heavy atom. The van der Waals surface area contributed by atoms with E-state index in [1.807, 2.05) is 26.0 Å². The van der Waals surface area contributed by atoms with Gasteiger partial charge in [0.05, 0.1) is 11.1 Å². The molecule has 0 spiro atoms. The highest BCUT2D eigenvalue weighted by molar-refractivity contribution is 6.05. The first-order valence-corrected chi connectivity index (χ1v) is 6.71. The van der Waals surface area contributed by atoms with Crippen LogP contribution in [0, 0.1) is 6.92 Å². The molecule has 0 saturated carbocycles. The molecule has 3 rings (SSSR count). The predicted octanol–water partition coefficient (Wildman–Crippen LogP) is 2.17. The summed E-state index contributed by atoms with van der Waals surface area (Å²) in [5.74, 6) is 0.0818. The fourth-order valence-corrected chi connectivity index (χ4v) is 2.82. The molecule has 0 aromatic carbocycles. The average Bonchev–Trinajstić information content (AvgIpc) is 2.44. The molecule has 1 aliphatic rings. The lowest BCUT2D eigenvalue weighted by atomic mass is 9.69. The molecule has 0 radical (unpaired) electrons. The molecule has 20 heavy (non-hydrogen) atoms. The predicted molar refractivity (Wildman–Crippen MR) is 76.0 cm³/mol. The van der Waals surface area contributed by atoms with Crippen molar-refractivity contribution in [3.05, 3.63) is 63.3 Å². The Morgan fingerprint density at radius 3 is 2.70 bits per heavy atom. The second-order valence-electron chi connectivity index (χ2n) is 5.55. The van der Waals surface area contributed by atoms with E-state index >= 15 is 0 Å². The van der Waals surface area contributed by atoms with Crippen molar-refractivity contribution in [2.75, 3.05) is 0 Å². The molecule has 0 aliphatic heterocycles. The fourth-order valence-electron chi connectivity index (χ4n) is 2.82. The highest BCUT2D eigenvalue weighted by Crippen LogP contribution is 2.37. The summed E-state index contributed by atoms with van der Waals surface area (Å²) in [6, 6.07) is 6.94. The zero-order valence-corrected chi connectivity index (χ0v) is 11.6. The Kier molecular flexibility index (Phi) is 2.82. The molecule has 2 aromatic rings. The first-order valence-electron chi connectivity index (χ1n) is 6.71. The quantitative estimate of drug-likeness (QED) is 0.862. The van der Waals surface area contributed by atoms with Crippen molar-refractivity contribution in [1.29, 1.82) is 0 Å². The van der Waals surface area contributed by atoms with Gasteiger partial charge in [0, 0.05) is 23.5 Å². The molecule has 0 amide bonds. The minimum Gasteiger partial charge on any atom is -0.329 e. The number of hydrogen-bond acceptors (Lipinski definition) is 3. The maximum absolute atomic E-state index is 12.8. The van der Waals surface area contributed by atoms with E-state index in [0.29, 0.717) is 12.0 Å². The Hall–Kier alpha value is -2.23. The van der Waals surface area contributed by atoms with E-state index in [4.69, 9.17) is 0 Å². The molecule has 102 valence electrons. The molecule has 1 unspecified atom stereocenters. The third-order valence-corrected chi connectivity index (χ3v) is 4.14. The summed E-state index contributed by atoms with van der Waals surface area (Å²) in [7, 11) is 0. The summed E-state index contributed by atoms with van der Waals surface area (Å²) in [5, 5.41) is 0. The molecule has 2 heterocycles. The maximum atomic E-state index is 12.8. The van der Waals surface area contributed by atoms with Crippen LogP contribution in [0.3, 0.4) is 0 Å². The van der Waals surface area contributed by atoms with Crippen LogP contribution in [0.25, 0.3) is 0 Å². The number of hydrogen-bond donors (Lipinski definition) is 1. The molecule has 4 nitrogen and oxygen atoms in total. The fraction of sp³-hybridized carbons (Fsp3) is 0.312. The van der Waals surface area contributed by atoms with Crippen molar-refractivity contribution in [3.63, 3.8) is 0 Å². The number of carbonyl (C=O) groups excluding carboxylic acids is 1. The summed E-state index contributed by atoms with van der Waals surface area (Å²) in [6.45, 7) is 3.87. The molecule has 1 atom stereocenters.